The van der Waals surface area contributed by atoms with Crippen molar-refractivity contribution >= 4 is 5.91 Å². The highest BCUT2D eigenvalue weighted by Crippen LogP contribution is 2.18. The van der Waals surface area contributed by atoms with Gasteiger partial charge in [-0.3, -0.25) is 9.69 Å². The summed E-state index contributed by atoms with van der Waals surface area (Å²) in [6.45, 7) is 7.14. The Kier molecular flexibility index (Phi) is 4.90. The molecule has 1 aliphatic rings. The van der Waals surface area contributed by atoms with Crippen molar-refractivity contribution in [3.63, 3.8) is 0 Å². The average molecular weight is 266 g/mol. The molecule has 0 spiro atoms. The highest BCUT2D eigenvalue weighted by molar-refractivity contribution is 5.78. The van der Waals surface area contributed by atoms with E-state index in [2.05, 4.69) is 27.3 Å². The zero-order valence-electron chi connectivity index (χ0n) is 11.7. The second kappa shape index (κ2) is 6.65. The molecular formula is C13H22N4O2. The van der Waals surface area contributed by atoms with Crippen LogP contribution in [0.4, 0.5) is 0 Å². The third kappa shape index (κ3) is 4.02. The first-order valence-corrected chi connectivity index (χ1v) is 6.98. The number of amides is 1. The molecule has 1 saturated heterocycles. The van der Waals surface area contributed by atoms with E-state index >= 15 is 0 Å². The standard InChI is InChI=1S/C13H22N4O2/c1-3-6-14-13(18)11-4-7-17(8-5-11)9-12-16-15-10(2)19-12/h11H,3-9H2,1-2H3,(H,14,18). The average Bonchev–Trinajstić information content (AvgIpc) is 2.82. The molecule has 6 heteroatoms. The highest BCUT2D eigenvalue weighted by atomic mass is 16.4. The van der Waals surface area contributed by atoms with E-state index in [1.165, 1.54) is 0 Å². The minimum Gasteiger partial charge on any atom is -0.424 e. The van der Waals surface area contributed by atoms with Gasteiger partial charge >= 0.3 is 0 Å². The monoisotopic (exact) mass is 266 g/mol. The van der Waals surface area contributed by atoms with Crippen molar-refractivity contribution in [3.8, 4) is 0 Å². The molecule has 0 bridgehead atoms. The number of aromatic nitrogens is 2. The van der Waals surface area contributed by atoms with Crippen LogP contribution in [0.25, 0.3) is 0 Å². The smallest absolute Gasteiger partial charge is 0.230 e. The fraction of sp³-hybridized carbons (Fsp3) is 0.769. The summed E-state index contributed by atoms with van der Waals surface area (Å²) in [4.78, 5) is 14.1. The Balaban J connectivity index is 1.74. The van der Waals surface area contributed by atoms with Crippen LogP contribution >= 0.6 is 0 Å². The molecule has 6 nitrogen and oxygen atoms in total. The summed E-state index contributed by atoms with van der Waals surface area (Å²) in [5, 5.41) is 10.8. The molecule has 0 atom stereocenters. The molecule has 0 saturated carbocycles. The third-order valence-electron chi connectivity index (χ3n) is 3.43. The lowest BCUT2D eigenvalue weighted by molar-refractivity contribution is -0.126. The molecule has 2 rings (SSSR count). The van der Waals surface area contributed by atoms with E-state index in [4.69, 9.17) is 4.42 Å². The van der Waals surface area contributed by atoms with Gasteiger partial charge in [0.2, 0.25) is 17.7 Å². The molecule has 1 N–H and O–H groups in total. The molecule has 106 valence electrons. The van der Waals surface area contributed by atoms with Gasteiger partial charge in [-0.2, -0.15) is 0 Å². The van der Waals surface area contributed by atoms with Gasteiger partial charge in [0.1, 0.15) is 0 Å². The van der Waals surface area contributed by atoms with E-state index in [9.17, 15) is 4.79 Å². The molecular weight excluding hydrogens is 244 g/mol. The maximum atomic E-state index is 11.9. The molecule has 1 fully saturated rings. The van der Waals surface area contributed by atoms with Crippen molar-refractivity contribution in [2.45, 2.75) is 39.7 Å². The van der Waals surface area contributed by atoms with Crippen LogP contribution in [0.3, 0.4) is 0 Å². The number of hydrogen-bond acceptors (Lipinski definition) is 5. The van der Waals surface area contributed by atoms with Crippen molar-refractivity contribution < 1.29 is 9.21 Å². The molecule has 0 unspecified atom stereocenters. The van der Waals surface area contributed by atoms with Crippen LogP contribution in [-0.2, 0) is 11.3 Å². The highest BCUT2D eigenvalue weighted by Gasteiger charge is 2.25. The van der Waals surface area contributed by atoms with Crippen LogP contribution < -0.4 is 5.32 Å². The van der Waals surface area contributed by atoms with Crippen LogP contribution in [-0.4, -0.2) is 40.6 Å². The van der Waals surface area contributed by atoms with E-state index < -0.39 is 0 Å². The molecule has 1 amide bonds. The first-order valence-electron chi connectivity index (χ1n) is 6.98. The van der Waals surface area contributed by atoms with Gasteiger partial charge in [0.25, 0.3) is 0 Å². The van der Waals surface area contributed by atoms with E-state index in [-0.39, 0.29) is 11.8 Å². The Morgan fingerprint density at radius 1 is 1.42 bits per heavy atom. The fourth-order valence-corrected chi connectivity index (χ4v) is 2.34. The summed E-state index contributed by atoms with van der Waals surface area (Å²) in [7, 11) is 0. The molecule has 1 aromatic heterocycles. The largest absolute Gasteiger partial charge is 0.424 e. The van der Waals surface area contributed by atoms with Crippen LogP contribution in [0, 0.1) is 12.8 Å². The quantitative estimate of drug-likeness (QED) is 0.864. The number of nitrogens with one attached hydrogen (secondary N) is 1. The van der Waals surface area contributed by atoms with Gasteiger partial charge in [-0.15, -0.1) is 10.2 Å². The number of rotatable bonds is 5. The summed E-state index contributed by atoms with van der Waals surface area (Å²) in [6, 6.07) is 0. The predicted octanol–water partition coefficient (Wildman–Crippen LogP) is 1.12. The number of hydrogen-bond donors (Lipinski definition) is 1. The second-order valence-corrected chi connectivity index (χ2v) is 5.06. The zero-order chi connectivity index (χ0) is 13.7. The minimum absolute atomic E-state index is 0.159. The van der Waals surface area contributed by atoms with Crippen molar-refractivity contribution in [2.75, 3.05) is 19.6 Å². The van der Waals surface area contributed by atoms with E-state index in [0.717, 1.165) is 38.9 Å². The summed E-state index contributed by atoms with van der Waals surface area (Å²) in [6.07, 6.45) is 2.80. The lowest BCUT2D eigenvalue weighted by Crippen LogP contribution is -2.40. The number of aryl methyl sites for hydroxylation is 1. The Labute approximate surface area is 113 Å². The van der Waals surface area contributed by atoms with Crippen molar-refractivity contribution in [1.82, 2.24) is 20.4 Å². The Bertz CT molecular complexity index is 411. The molecule has 2 heterocycles. The van der Waals surface area contributed by atoms with Crippen molar-refractivity contribution in [1.29, 1.82) is 0 Å². The van der Waals surface area contributed by atoms with Gasteiger partial charge in [0.05, 0.1) is 6.54 Å². The van der Waals surface area contributed by atoms with Gasteiger partial charge in [-0.05, 0) is 32.4 Å². The third-order valence-corrected chi connectivity index (χ3v) is 3.43. The molecule has 0 radical (unpaired) electrons. The first-order chi connectivity index (χ1) is 9.19. The van der Waals surface area contributed by atoms with Gasteiger partial charge in [0, 0.05) is 19.4 Å². The van der Waals surface area contributed by atoms with Crippen molar-refractivity contribution in [2.24, 2.45) is 5.92 Å². The minimum atomic E-state index is 0.159. The molecule has 19 heavy (non-hydrogen) atoms. The van der Waals surface area contributed by atoms with Gasteiger partial charge < -0.3 is 9.73 Å². The summed E-state index contributed by atoms with van der Waals surface area (Å²) >= 11 is 0. The lowest BCUT2D eigenvalue weighted by Gasteiger charge is -2.30. The van der Waals surface area contributed by atoms with Crippen LogP contribution in [0.15, 0.2) is 4.42 Å². The topological polar surface area (TPSA) is 71.3 Å². The molecule has 0 aliphatic carbocycles. The summed E-state index contributed by atoms with van der Waals surface area (Å²) < 4.78 is 5.37. The first kappa shape index (κ1) is 14.0. The second-order valence-electron chi connectivity index (χ2n) is 5.06. The Hall–Kier alpha value is -1.43. The maximum absolute atomic E-state index is 11.9. The maximum Gasteiger partial charge on any atom is 0.230 e. The number of nitrogens with zero attached hydrogens (tertiary/aromatic N) is 3. The normalized spacial score (nSPS) is 17.6. The van der Waals surface area contributed by atoms with E-state index in [0.29, 0.717) is 18.3 Å². The van der Waals surface area contributed by atoms with Crippen LogP contribution in [0.1, 0.15) is 38.0 Å². The number of piperidine rings is 1. The number of carbonyl (C=O) groups is 1. The SMILES string of the molecule is CCCNC(=O)C1CCN(Cc2nnc(C)o2)CC1. The molecule has 1 aliphatic heterocycles. The zero-order valence-corrected chi connectivity index (χ0v) is 11.7. The van der Waals surface area contributed by atoms with Crippen LogP contribution in [0.5, 0.6) is 0 Å². The predicted molar refractivity (Wildman–Crippen MR) is 70.3 cm³/mol. The molecule has 0 aromatic carbocycles. The fourth-order valence-electron chi connectivity index (χ4n) is 2.34. The number of carbonyl (C=O) groups excluding carboxylic acids is 1. The van der Waals surface area contributed by atoms with Gasteiger partial charge in [-0.25, -0.2) is 0 Å². The van der Waals surface area contributed by atoms with Crippen molar-refractivity contribution in [3.05, 3.63) is 11.8 Å². The van der Waals surface area contributed by atoms with E-state index in [1.807, 2.05) is 0 Å². The Morgan fingerprint density at radius 3 is 2.74 bits per heavy atom. The lowest BCUT2D eigenvalue weighted by atomic mass is 9.96. The van der Waals surface area contributed by atoms with E-state index in [1.54, 1.807) is 6.92 Å². The van der Waals surface area contributed by atoms with Gasteiger partial charge in [-0.1, -0.05) is 6.92 Å². The van der Waals surface area contributed by atoms with Gasteiger partial charge in [0.15, 0.2) is 0 Å². The molecule has 1 aromatic rings. The van der Waals surface area contributed by atoms with Crippen LogP contribution in [0.2, 0.25) is 0 Å². The summed E-state index contributed by atoms with van der Waals surface area (Å²) in [5.41, 5.74) is 0. The Morgan fingerprint density at radius 2 is 2.16 bits per heavy atom. The summed E-state index contributed by atoms with van der Waals surface area (Å²) in [5.74, 6) is 1.62. The number of likely N-dealkylation sites (tertiary alicyclic amines) is 1.